The summed E-state index contributed by atoms with van der Waals surface area (Å²) in [5.41, 5.74) is 0. The highest BCUT2D eigenvalue weighted by Crippen LogP contribution is 2.45. The van der Waals surface area contributed by atoms with Crippen LogP contribution < -0.4 is 0 Å². The second-order valence-electron chi connectivity index (χ2n) is 32.5. The fourth-order valence-corrected chi connectivity index (χ4v) is 14.8. The van der Waals surface area contributed by atoms with Gasteiger partial charge in [-0.25, -0.2) is 9.13 Å². The first-order chi connectivity index (χ1) is 60.2. The number of allylic oxidation sites excluding steroid dienone is 30. The van der Waals surface area contributed by atoms with Gasteiger partial charge in [0.25, 0.3) is 0 Å². The van der Waals surface area contributed by atoms with Gasteiger partial charge in [0.05, 0.1) is 26.4 Å². The molecule has 0 saturated carbocycles. The van der Waals surface area contributed by atoms with Crippen molar-refractivity contribution in [2.45, 2.75) is 424 Å². The minimum absolute atomic E-state index is 0.0890. The number of hydrogen-bond donors (Lipinski definition) is 4. The number of phosphoric ester groups is 2. The Bertz CT molecular complexity index is 2970. The third-order valence-electron chi connectivity index (χ3n) is 20.6. The Balaban J connectivity index is 4.65. The molecule has 0 aromatic carbocycles. The fourth-order valence-electron chi connectivity index (χ4n) is 13.2. The number of carbonyl (C=O) groups is 3. The molecule has 0 spiro atoms. The highest BCUT2D eigenvalue weighted by molar-refractivity contribution is 7.47. The van der Waals surface area contributed by atoms with Gasteiger partial charge in [0.2, 0.25) is 0 Å². The van der Waals surface area contributed by atoms with E-state index < -0.39 is 91.5 Å². The Labute approximate surface area is 751 Å². The molecule has 0 saturated heterocycles. The molecular formula is C105H178O16P2. The number of rotatable bonds is 92. The largest absolute Gasteiger partial charge is 0.472 e. The highest BCUT2D eigenvalue weighted by Gasteiger charge is 2.30. The van der Waals surface area contributed by atoms with Crippen LogP contribution in [-0.4, -0.2) is 95.9 Å². The zero-order valence-electron chi connectivity index (χ0n) is 77.8. The van der Waals surface area contributed by atoms with Crippen LogP contribution in [0.25, 0.3) is 0 Å². The van der Waals surface area contributed by atoms with Crippen molar-refractivity contribution in [1.29, 1.82) is 0 Å². The summed E-state index contributed by atoms with van der Waals surface area (Å²) in [4.78, 5) is 59.2. The molecule has 18 heteroatoms. The quantitative estimate of drug-likeness (QED) is 0.0146. The van der Waals surface area contributed by atoms with Crippen molar-refractivity contribution in [3.05, 3.63) is 182 Å². The van der Waals surface area contributed by atoms with Gasteiger partial charge in [-0.15, -0.1) is 0 Å². The molecule has 704 valence electrons. The van der Waals surface area contributed by atoms with Gasteiger partial charge in [-0.3, -0.25) is 32.5 Å². The topological polar surface area (TPSA) is 231 Å². The molecule has 0 aliphatic heterocycles. The summed E-state index contributed by atoms with van der Waals surface area (Å²) in [6, 6.07) is 0. The molecule has 5 atom stereocenters. The minimum atomic E-state index is -4.95. The normalized spacial score (nSPS) is 14.5. The monoisotopic (exact) mass is 1760 g/mol. The molecular weight excluding hydrogens is 1580 g/mol. The van der Waals surface area contributed by atoms with Gasteiger partial charge in [0.15, 0.2) is 6.10 Å². The van der Waals surface area contributed by atoms with E-state index in [-0.39, 0.29) is 19.3 Å². The zero-order valence-corrected chi connectivity index (χ0v) is 79.6. The lowest BCUT2D eigenvalue weighted by Crippen LogP contribution is -2.30. The Morgan fingerprint density at radius 1 is 0.236 bits per heavy atom. The lowest BCUT2D eigenvalue weighted by atomic mass is 10.0. The van der Waals surface area contributed by atoms with Gasteiger partial charge < -0.3 is 34.2 Å². The van der Waals surface area contributed by atoms with E-state index in [0.717, 1.165) is 186 Å². The summed E-state index contributed by atoms with van der Waals surface area (Å²) in [6.45, 7) is 2.47. The standard InChI is InChI=1S/C105H178O16P2/c1-4-7-10-13-16-19-22-25-28-31-34-37-40-43-46-48-49-51-54-55-58-61-64-67-70-73-76-79-82-85-88-91-103(108)115-94-100(106)95-117-122(111,112)118-96-101(107)97-119-123(113,114)120-99-102(121-105(110)93-90-87-84-81-78-75-72-69-66-63-60-57-52-45-42-39-36-33-30-27-24-21-18-15-12-9-6-3)98-116-104(109)92-89-86-83-80-77-74-71-68-65-62-59-56-53-50-47-44-41-38-35-32-29-26-23-20-17-14-11-8-5-2/h8-9,11-12,16-21,25-30,34-39,43-47,52,60,63,100-102,106-107H,4-7,10,13-15,22-24,31-33,40-42,48-51,53-59,61-62,64-99H2,1-3H3,(H,111,112)(H,113,114)/b11-8-,12-9-,19-16-,20-17-,21-18-,28-25-,29-26-,30-27-,37-34-,38-35-,39-36-,46-43-,47-44-,52-45-,63-60-. The predicted octanol–water partition coefficient (Wildman–Crippen LogP) is 30.8. The van der Waals surface area contributed by atoms with Crippen LogP contribution in [0.5, 0.6) is 0 Å². The third-order valence-corrected chi connectivity index (χ3v) is 22.5. The summed E-state index contributed by atoms with van der Waals surface area (Å²) < 4.78 is 61.6. The highest BCUT2D eigenvalue weighted by atomic mass is 31.2. The second kappa shape index (κ2) is 95.7. The van der Waals surface area contributed by atoms with Crippen LogP contribution in [0.2, 0.25) is 0 Å². The maximum Gasteiger partial charge on any atom is 0.472 e. The zero-order chi connectivity index (χ0) is 89.3. The molecule has 0 rings (SSSR count). The number of aliphatic hydroxyl groups is 2. The first-order valence-corrected chi connectivity index (χ1v) is 52.1. The molecule has 5 unspecified atom stereocenters. The summed E-state index contributed by atoms with van der Waals surface area (Å²) in [6.07, 6.45) is 126. The van der Waals surface area contributed by atoms with Gasteiger partial charge in [-0.05, 0) is 161 Å². The molecule has 0 radical (unpaired) electrons. The third kappa shape index (κ3) is 97.1. The number of carbonyl (C=O) groups excluding carboxylic acids is 3. The van der Waals surface area contributed by atoms with E-state index in [1.165, 1.54) is 161 Å². The van der Waals surface area contributed by atoms with Crippen LogP contribution in [0.15, 0.2) is 182 Å². The molecule has 0 aromatic heterocycles. The van der Waals surface area contributed by atoms with E-state index in [9.17, 15) is 43.5 Å². The Kier molecular flexibility index (Phi) is 91.6. The van der Waals surface area contributed by atoms with Crippen LogP contribution in [0, 0.1) is 0 Å². The maximum absolute atomic E-state index is 13.1. The van der Waals surface area contributed by atoms with Crippen molar-refractivity contribution in [3.63, 3.8) is 0 Å². The van der Waals surface area contributed by atoms with Gasteiger partial charge in [0, 0.05) is 19.3 Å². The number of hydrogen-bond acceptors (Lipinski definition) is 14. The molecule has 0 amide bonds. The average molecular weight is 1760 g/mol. The molecule has 0 heterocycles. The number of esters is 3. The van der Waals surface area contributed by atoms with E-state index in [4.69, 9.17) is 32.3 Å². The molecule has 16 nitrogen and oxygen atoms in total. The molecule has 0 fully saturated rings. The summed E-state index contributed by atoms with van der Waals surface area (Å²) in [5, 5.41) is 20.8. The SMILES string of the molecule is CC/C=C\C/C=C\C/C=C\C/C=C\C/C=C\C/C=C\CCCCCCCCCCC(=O)OC(COC(=O)CCCCCCCCCCCCCCC/C=C\C/C=C\C/C=C\C/C=C\C/C=C\CC)COP(=O)(O)OCC(O)COP(=O)(O)OCC(O)COC(=O)CCCCCCCCCCCCCCCCC/C=C\C/C=C\C/C=C\C/C=C\CCCCC. The Morgan fingerprint density at radius 2 is 0.431 bits per heavy atom. The van der Waals surface area contributed by atoms with Crippen LogP contribution in [0.3, 0.4) is 0 Å². The summed E-state index contributed by atoms with van der Waals surface area (Å²) >= 11 is 0. The summed E-state index contributed by atoms with van der Waals surface area (Å²) in [5.74, 6) is -1.58. The number of unbranched alkanes of at least 4 members (excludes halogenated alkanes) is 39. The van der Waals surface area contributed by atoms with Gasteiger partial charge in [-0.2, -0.15) is 0 Å². The fraction of sp³-hybridized carbons (Fsp3) is 0.686. The Hall–Kier alpha value is -5.35. The van der Waals surface area contributed by atoms with Crippen molar-refractivity contribution >= 4 is 33.6 Å². The molecule has 4 N–H and O–H groups in total. The van der Waals surface area contributed by atoms with Crippen LogP contribution in [0.1, 0.15) is 406 Å². The van der Waals surface area contributed by atoms with Crippen molar-refractivity contribution in [2.24, 2.45) is 0 Å². The van der Waals surface area contributed by atoms with Crippen LogP contribution >= 0.6 is 15.6 Å². The molecule has 0 aromatic rings. The molecule has 0 aliphatic carbocycles. The van der Waals surface area contributed by atoms with E-state index in [0.29, 0.717) is 19.3 Å². The van der Waals surface area contributed by atoms with E-state index in [1.807, 2.05) is 0 Å². The van der Waals surface area contributed by atoms with Crippen molar-refractivity contribution in [2.75, 3.05) is 39.6 Å². The van der Waals surface area contributed by atoms with Crippen molar-refractivity contribution in [3.8, 4) is 0 Å². The number of ether oxygens (including phenoxy) is 3. The van der Waals surface area contributed by atoms with Crippen molar-refractivity contribution in [1.82, 2.24) is 0 Å². The van der Waals surface area contributed by atoms with Crippen LogP contribution in [-0.2, 0) is 55.8 Å². The van der Waals surface area contributed by atoms with Gasteiger partial charge in [-0.1, -0.05) is 409 Å². The maximum atomic E-state index is 13.1. The minimum Gasteiger partial charge on any atom is -0.463 e. The second-order valence-corrected chi connectivity index (χ2v) is 35.4. The average Bonchev–Trinajstić information content (AvgIpc) is 0.897. The smallest absolute Gasteiger partial charge is 0.463 e. The first kappa shape index (κ1) is 118. The predicted molar refractivity (Wildman–Crippen MR) is 518 cm³/mol. The lowest BCUT2D eigenvalue weighted by Gasteiger charge is -2.21. The first-order valence-electron chi connectivity index (χ1n) is 49.1. The number of aliphatic hydroxyl groups excluding tert-OH is 2. The van der Waals surface area contributed by atoms with E-state index >= 15 is 0 Å². The Morgan fingerprint density at radius 3 is 0.683 bits per heavy atom. The number of phosphoric acid groups is 2. The molecule has 0 bridgehead atoms. The van der Waals surface area contributed by atoms with E-state index in [1.54, 1.807) is 0 Å². The van der Waals surface area contributed by atoms with Gasteiger partial charge in [0.1, 0.15) is 25.4 Å². The van der Waals surface area contributed by atoms with Crippen molar-refractivity contribution < 1.29 is 75.8 Å². The lowest BCUT2D eigenvalue weighted by molar-refractivity contribution is -0.161. The van der Waals surface area contributed by atoms with E-state index in [2.05, 4.69) is 203 Å². The van der Waals surface area contributed by atoms with Crippen LogP contribution in [0.4, 0.5) is 0 Å². The molecule has 123 heavy (non-hydrogen) atoms. The van der Waals surface area contributed by atoms with Gasteiger partial charge >= 0.3 is 33.6 Å². The summed E-state index contributed by atoms with van der Waals surface area (Å²) in [7, 11) is -9.82. The molecule has 0 aliphatic rings.